The topological polar surface area (TPSA) is 48.1 Å². The highest BCUT2D eigenvalue weighted by Crippen LogP contribution is 2.23. The number of rotatable bonds is 3. The van der Waals surface area contributed by atoms with Crippen LogP contribution >= 0.6 is 11.6 Å². The molecule has 88 valence electrons. The van der Waals surface area contributed by atoms with Crippen molar-refractivity contribution in [1.29, 1.82) is 0 Å². The predicted molar refractivity (Wildman–Crippen MR) is 69.2 cm³/mol. The standard InChI is InChI=1S/C13H13ClN2O/c1-9-5-6-10(14)7-12(9)17-8-11-3-2-4-13(15)16-11/h2-7H,8H2,1H3,(H2,15,16). The fraction of sp³-hybridized carbons (Fsp3) is 0.154. The van der Waals surface area contributed by atoms with Gasteiger partial charge in [-0.05, 0) is 36.8 Å². The van der Waals surface area contributed by atoms with E-state index >= 15 is 0 Å². The molecule has 17 heavy (non-hydrogen) atoms. The molecule has 0 radical (unpaired) electrons. The number of hydrogen-bond donors (Lipinski definition) is 1. The Morgan fingerprint density at radius 3 is 2.88 bits per heavy atom. The molecule has 0 spiro atoms. The van der Waals surface area contributed by atoms with Crippen molar-refractivity contribution >= 4 is 17.4 Å². The van der Waals surface area contributed by atoms with Crippen molar-refractivity contribution in [2.24, 2.45) is 0 Å². The molecule has 0 bridgehead atoms. The highest BCUT2D eigenvalue weighted by molar-refractivity contribution is 6.30. The molecular weight excluding hydrogens is 236 g/mol. The third kappa shape index (κ3) is 3.11. The molecule has 0 atom stereocenters. The maximum atomic E-state index is 5.91. The molecule has 3 nitrogen and oxygen atoms in total. The Bertz CT molecular complexity index is 529. The SMILES string of the molecule is Cc1ccc(Cl)cc1OCc1cccc(N)n1. The third-order valence-electron chi connectivity index (χ3n) is 2.35. The van der Waals surface area contributed by atoms with Crippen molar-refractivity contribution in [3.05, 3.63) is 52.7 Å². The number of benzene rings is 1. The number of ether oxygens (including phenoxy) is 1. The summed E-state index contributed by atoms with van der Waals surface area (Å²) >= 11 is 5.91. The minimum atomic E-state index is 0.381. The zero-order chi connectivity index (χ0) is 12.3. The van der Waals surface area contributed by atoms with Crippen LogP contribution in [0.15, 0.2) is 36.4 Å². The summed E-state index contributed by atoms with van der Waals surface area (Å²) in [7, 11) is 0. The van der Waals surface area contributed by atoms with Crippen molar-refractivity contribution < 1.29 is 4.74 Å². The molecule has 0 aliphatic rings. The van der Waals surface area contributed by atoms with Gasteiger partial charge in [-0.1, -0.05) is 23.7 Å². The second-order valence-corrected chi connectivity index (χ2v) is 4.19. The Kier molecular flexibility index (Phi) is 3.49. The van der Waals surface area contributed by atoms with E-state index in [4.69, 9.17) is 22.1 Å². The summed E-state index contributed by atoms with van der Waals surface area (Å²) in [5, 5.41) is 0.658. The Hall–Kier alpha value is -1.74. The largest absolute Gasteiger partial charge is 0.487 e. The van der Waals surface area contributed by atoms with Crippen LogP contribution in [0.5, 0.6) is 5.75 Å². The maximum absolute atomic E-state index is 5.91. The molecular formula is C13H13ClN2O. The summed E-state index contributed by atoms with van der Waals surface area (Å²) in [5.41, 5.74) is 7.43. The molecule has 0 aliphatic carbocycles. The minimum Gasteiger partial charge on any atom is -0.487 e. The summed E-state index contributed by atoms with van der Waals surface area (Å²) in [6.07, 6.45) is 0. The second-order valence-electron chi connectivity index (χ2n) is 3.75. The summed E-state index contributed by atoms with van der Waals surface area (Å²) in [5.74, 6) is 1.26. The lowest BCUT2D eigenvalue weighted by molar-refractivity contribution is 0.299. The van der Waals surface area contributed by atoms with Gasteiger partial charge in [0.2, 0.25) is 0 Å². The number of halogens is 1. The molecule has 2 aromatic rings. The van der Waals surface area contributed by atoms with E-state index in [0.29, 0.717) is 17.4 Å². The molecule has 0 unspecified atom stereocenters. The third-order valence-corrected chi connectivity index (χ3v) is 2.59. The smallest absolute Gasteiger partial charge is 0.130 e. The molecule has 0 fully saturated rings. The van der Waals surface area contributed by atoms with Gasteiger partial charge in [0.1, 0.15) is 18.2 Å². The van der Waals surface area contributed by atoms with Crippen molar-refractivity contribution in [1.82, 2.24) is 4.98 Å². The first-order valence-corrected chi connectivity index (χ1v) is 5.63. The van der Waals surface area contributed by atoms with E-state index in [9.17, 15) is 0 Å². The van der Waals surface area contributed by atoms with E-state index in [-0.39, 0.29) is 0 Å². The second kappa shape index (κ2) is 5.06. The van der Waals surface area contributed by atoms with Crippen LogP contribution in [0.2, 0.25) is 5.02 Å². The number of hydrogen-bond acceptors (Lipinski definition) is 3. The zero-order valence-electron chi connectivity index (χ0n) is 9.48. The van der Waals surface area contributed by atoms with Crippen LogP contribution in [0.3, 0.4) is 0 Å². The molecule has 1 heterocycles. The number of aryl methyl sites for hydroxylation is 1. The number of pyridine rings is 1. The van der Waals surface area contributed by atoms with Gasteiger partial charge in [-0.3, -0.25) is 0 Å². The number of nitrogens with two attached hydrogens (primary N) is 1. The van der Waals surface area contributed by atoms with Crippen LogP contribution in [-0.4, -0.2) is 4.98 Å². The van der Waals surface area contributed by atoms with E-state index in [0.717, 1.165) is 17.0 Å². The summed E-state index contributed by atoms with van der Waals surface area (Å²) in [6.45, 7) is 2.35. The van der Waals surface area contributed by atoms with E-state index in [1.807, 2.05) is 31.2 Å². The first-order chi connectivity index (χ1) is 8.15. The van der Waals surface area contributed by atoms with Gasteiger partial charge >= 0.3 is 0 Å². The van der Waals surface area contributed by atoms with Crippen molar-refractivity contribution in [2.75, 3.05) is 5.73 Å². The van der Waals surface area contributed by atoms with Gasteiger partial charge in [-0.15, -0.1) is 0 Å². The summed E-state index contributed by atoms with van der Waals surface area (Å²) < 4.78 is 5.66. The lowest BCUT2D eigenvalue weighted by Gasteiger charge is -2.09. The molecule has 4 heteroatoms. The van der Waals surface area contributed by atoms with Gasteiger partial charge < -0.3 is 10.5 Å². The van der Waals surface area contributed by atoms with Gasteiger partial charge in [0.25, 0.3) is 0 Å². The normalized spacial score (nSPS) is 10.2. The Labute approximate surface area is 105 Å². The minimum absolute atomic E-state index is 0.381. The fourth-order valence-corrected chi connectivity index (χ4v) is 1.62. The molecule has 0 saturated carbocycles. The van der Waals surface area contributed by atoms with Crippen LogP contribution in [0.25, 0.3) is 0 Å². The highest BCUT2D eigenvalue weighted by Gasteiger charge is 2.02. The van der Waals surface area contributed by atoms with Crippen LogP contribution < -0.4 is 10.5 Å². The molecule has 2 rings (SSSR count). The van der Waals surface area contributed by atoms with Gasteiger partial charge in [-0.25, -0.2) is 4.98 Å². The number of nitrogens with zero attached hydrogens (tertiary/aromatic N) is 1. The number of nitrogen functional groups attached to an aromatic ring is 1. The Balaban J connectivity index is 2.09. The molecule has 0 amide bonds. The van der Waals surface area contributed by atoms with Gasteiger partial charge in [0.15, 0.2) is 0 Å². The van der Waals surface area contributed by atoms with Crippen LogP contribution in [0, 0.1) is 6.92 Å². The summed E-state index contributed by atoms with van der Waals surface area (Å²) in [6, 6.07) is 11.0. The monoisotopic (exact) mass is 248 g/mol. The maximum Gasteiger partial charge on any atom is 0.130 e. The first kappa shape index (κ1) is 11.7. The van der Waals surface area contributed by atoms with Crippen LogP contribution in [-0.2, 0) is 6.61 Å². The molecule has 0 aliphatic heterocycles. The Morgan fingerprint density at radius 2 is 2.12 bits per heavy atom. The number of aromatic nitrogens is 1. The first-order valence-electron chi connectivity index (χ1n) is 5.25. The predicted octanol–water partition coefficient (Wildman–Crippen LogP) is 3.20. The Morgan fingerprint density at radius 1 is 1.29 bits per heavy atom. The lowest BCUT2D eigenvalue weighted by Crippen LogP contribution is -2.01. The number of anilines is 1. The highest BCUT2D eigenvalue weighted by atomic mass is 35.5. The van der Waals surface area contributed by atoms with E-state index in [1.165, 1.54) is 0 Å². The van der Waals surface area contributed by atoms with Crippen LogP contribution in [0.1, 0.15) is 11.3 Å². The van der Waals surface area contributed by atoms with Gasteiger partial charge in [0.05, 0.1) is 5.69 Å². The van der Waals surface area contributed by atoms with Gasteiger partial charge in [-0.2, -0.15) is 0 Å². The quantitative estimate of drug-likeness (QED) is 0.907. The van der Waals surface area contributed by atoms with Gasteiger partial charge in [0, 0.05) is 5.02 Å². The molecule has 1 aromatic carbocycles. The van der Waals surface area contributed by atoms with Crippen molar-refractivity contribution in [3.8, 4) is 5.75 Å². The lowest BCUT2D eigenvalue weighted by atomic mass is 10.2. The summed E-state index contributed by atoms with van der Waals surface area (Å²) in [4.78, 5) is 4.16. The molecule has 1 aromatic heterocycles. The average molecular weight is 249 g/mol. The molecule has 0 saturated heterocycles. The molecule has 2 N–H and O–H groups in total. The van der Waals surface area contributed by atoms with E-state index in [2.05, 4.69) is 4.98 Å². The fourth-order valence-electron chi connectivity index (χ4n) is 1.46. The van der Waals surface area contributed by atoms with Crippen molar-refractivity contribution in [2.45, 2.75) is 13.5 Å². The van der Waals surface area contributed by atoms with E-state index < -0.39 is 0 Å². The average Bonchev–Trinajstić information content (AvgIpc) is 2.30. The van der Waals surface area contributed by atoms with Crippen LogP contribution in [0.4, 0.5) is 5.82 Å². The zero-order valence-corrected chi connectivity index (χ0v) is 10.2. The van der Waals surface area contributed by atoms with Crippen molar-refractivity contribution in [3.63, 3.8) is 0 Å². The van der Waals surface area contributed by atoms with E-state index in [1.54, 1.807) is 12.1 Å².